The van der Waals surface area contributed by atoms with Crippen LogP contribution in [0.15, 0.2) is 36.4 Å². The normalized spacial score (nSPS) is 12.2. The van der Waals surface area contributed by atoms with Gasteiger partial charge in [0.25, 0.3) is 11.8 Å². The highest BCUT2D eigenvalue weighted by Gasteiger charge is 2.35. The Morgan fingerprint density at radius 3 is 2.19 bits per heavy atom. The second kappa shape index (κ2) is 10.7. The van der Waals surface area contributed by atoms with E-state index in [9.17, 15) is 9.59 Å². The zero-order chi connectivity index (χ0) is 24.1. The lowest BCUT2D eigenvalue weighted by atomic mass is 9.83. The van der Waals surface area contributed by atoms with Gasteiger partial charge in [-0.15, -0.1) is 0 Å². The molecule has 0 spiro atoms. The molecule has 0 fully saturated rings. The molecule has 0 radical (unpaired) electrons. The molecule has 0 aromatic heterocycles. The fourth-order valence-corrected chi connectivity index (χ4v) is 4.23. The Bertz CT molecular complexity index is 940. The second-order valence-electron chi connectivity index (χ2n) is 9.50. The Morgan fingerprint density at radius 2 is 1.69 bits per heavy atom. The quantitative estimate of drug-likeness (QED) is 0.550. The Hall–Kier alpha value is -2.82. The first kappa shape index (κ1) is 25.4. The summed E-state index contributed by atoms with van der Waals surface area (Å²) in [5.41, 5.74) is 6.72. The summed E-state index contributed by atoms with van der Waals surface area (Å²) in [6.07, 6.45) is 2.32. The first-order valence-corrected chi connectivity index (χ1v) is 11.4. The maximum Gasteiger partial charge on any atom is 0.272 e. The van der Waals surface area contributed by atoms with Crippen LogP contribution in [-0.4, -0.2) is 30.0 Å². The number of nitrogens with one attached hydrogen (secondary N) is 1. The summed E-state index contributed by atoms with van der Waals surface area (Å²) in [5, 5.41) is 1.55. The molecule has 1 atom stereocenters. The first-order chi connectivity index (χ1) is 15.0. The molecule has 2 amide bonds. The van der Waals surface area contributed by atoms with Gasteiger partial charge in [0.1, 0.15) is 5.75 Å². The molecule has 0 heterocycles. The van der Waals surface area contributed by atoms with Crippen LogP contribution in [0.2, 0.25) is 0 Å². The van der Waals surface area contributed by atoms with E-state index < -0.39 is 0 Å². The maximum absolute atomic E-state index is 13.7. The number of aryl methyl sites for hydroxylation is 2. The van der Waals surface area contributed by atoms with Crippen LogP contribution in [0.3, 0.4) is 0 Å². The van der Waals surface area contributed by atoms with Crippen molar-refractivity contribution in [2.75, 3.05) is 7.11 Å². The smallest absolute Gasteiger partial charge is 0.272 e. The van der Waals surface area contributed by atoms with Gasteiger partial charge in [0.05, 0.1) is 13.2 Å². The number of amides is 2. The van der Waals surface area contributed by atoms with Crippen LogP contribution < -0.4 is 10.2 Å². The van der Waals surface area contributed by atoms with E-state index in [0.29, 0.717) is 23.3 Å². The van der Waals surface area contributed by atoms with Gasteiger partial charge in [0.15, 0.2) is 0 Å². The highest BCUT2D eigenvalue weighted by Crippen LogP contribution is 2.29. The number of nitrogens with zero attached hydrogens (tertiary/aromatic N) is 1. The molecule has 5 nitrogen and oxygen atoms in total. The molecule has 0 aliphatic carbocycles. The minimum absolute atomic E-state index is 0.166. The van der Waals surface area contributed by atoms with Crippen molar-refractivity contribution in [2.24, 2.45) is 5.41 Å². The predicted octanol–water partition coefficient (Wildman–Crippen LogP) is 5.88. The van der Waals surface area contributed by atoms with Gasteiger partial charge >= 0.3 is 0 Å². The molecule has 1 N–H and O–H groups in total. The number of ether oxygens (including phenoxy) is 1. The highest BCUT2D eigenvalue weighted by atomic mass is 16.5. The Labute approximate surface area is 193 Å². The molecule has 32 heavy (non-hydrogen) atoms. The van der Waals surface area contributed by atoms with Gasteiger partial charge in [0, 0.05) is 16.7 Å². The maximum atomic E-state index is 13.7. The average molecular weight is 439 g/mol. The van der Waals surface area contributed by atoms with Crippen molar-refractivity contribution in [2.45, 2.75) is 73.8 Å². The zero-order valence-corrected chi connectivity index (χ0v) is 20.8. The van der Waals surface area contributed by atoms with Crippen molar-refractivity contribution >= 4 is 11.8 Å². The largest absolute Gasteiger partial charge is 0.496 e. The topological polar surface area (TPSA) is 58.6 Å². The van der Waals surface area contributed by atoms with Crippen LogP contribution in [0.25, 0.3) is 0 Å². The number of hydrogen-bond donors (Lipinski definition) is 1. The fraction of sp³-hybridized carbons (Fsp3) is 0.481. The lowest BCUT2D eigenvalue weighted by Crippen LogP contribution is -2.56. The third kappa shape index (κ3) is 5.90. The molecule has 0 aliphatic rings. The van der Waals surface area contributed by atoms with Crippen molar-refractivity contribution in [3.05, 3.63) is 64.2 Å². The SMILES string of the molecule is CCC[C@@H](N(NC(=O)c1cccc(OC)c1CC)C(=O)c1cc(C)cc(C)c1)C(C)(C)C. The van der Waals surface area contributed by atoms with Gasteiger partial charge in [-0.1, -0.05) is 64.3 Å². The summed E-state index contributed by atoms with van der Waals surface area (Å²) in [5.74, 6) is 0.177. The van der Waals surface area contributed by atoms with Crippen molar-refractivity contribution in [1.29, 1.82) is 0 Å². The van der Waals surface area contributed by atoms with Gasteiger partial charge in [-0.2, -0.15) is 0 Å². The summed E-state index contributed by atoms with van der Waals surface area (Å²) in [4.78, 5) is 27.2. The molecule has 0 bridgehead atoms. The Morgan fingerprint density at radius 1 is 1.06 bits per heavy atom. The first-order valence-electron chi connectivity index (χ1n) is 11.4. The summed E-state index contributed by atoms with van der Waals surface area (Å²) >= 11 is 0. The van der Waals surface area contributed by atoms with Crippen LogP contribution in [0, 0.1) is 19.3 Å². The lowest BCUT2D eigenvalue weighted by molar-refractivity contribution is 0.0270. The summed E-state index contributed by atoms with van der Waals surface area (Å²) in [6, 6.07) is 11.1. The summed E-state index contributed by atoms with van der Waals surface area (Å²) < 4.78 is 5.45. The summed E-state index contributed by atoms with van der Waals surface area (Å²) in [6.45, 7) is 14.3. The van der Waals surface area contributed by atoms with Crippen molar-refractivity contribution in [1.82, 2.24) is 10.4 Å². The highest BCUT2D eigenvalue weighted by molar-refractivity contribution is 6.00. The van der Waals surface area contributed by atoms with Crippen LogP contribution in [0.1, 0.15) is 84.9 Å². The number of hydrogen-bond acceptors (Lipinski definition) is 3. The minimum atomic E-state index is -0.302. The molecule has 0 saturated heterocycles. The second-order valence-corrected chi connectivity index (χ2v) is 9.50. The Balaban J connectivity index is 2.54. The van der Waals surface area contributed by atoms with Gasteiger partial charge in [-0.3, -0.25) is 15.0 Å². The molecular formula is C27H38N2O3. The number of carbonyl (C=O) groups excluding carboxylic acids is 2. The molecule has 0 aliphatic heterocycles. The van der Waals surface area contributed by atoms with E-state index in [1.165, 1.54) is 0 Å². The van der Waals surface area contributed by atoms with E-state index in [-0.39, 0.29) is 23.3 Å². The third-order valence-corrected chi connectivity index (χ3v) is 5.73. The van der Waals surface area contributed by atoms with Crippen molar-refractivity contribution < 1.29 is 14.3 Å². The third-order valence-electron chi connectivity index (χ3n) is 5.73. The summed E-state index contributed by atoms with van der Waals surface area (Å²) in [7, 11) is 1.60. The lowest BCUT2D eigenvalue weighted by Gasteiger charge is -2.40. The molecule has 174 valence electrons. The fourth-order valence-electron chi connectivity index (χ4n) is 4.23. The van der Waals surface area contributed by atoms with E-state index in [1.54, 1.807) is 24.3 Å². The van der Waals surface area contributed by atoms with E-state index in [4.69, 9.17) is 4.74 Å². The van der Waals surface area contributed by atoms with Crippen molar-refractivity contribution in [3.8, 4) is 5.75 Å². The predicted molar refractivity (Wildman–Crippen MR) is 130 cm³/mol. The van der Waals surface area contributed by atoms with Gasteiger partial charge in [0.2, 0.25) is 0 Å². The number of carbonyl (C=O) groups is 2. The zero-order valence-electron chi connectivity index (χ0n) is 20.8. The molecule has 2 rings (SSSR count). The van der Waals surface area contributed by atoms with Gasteiger partial charge in [-0.05, 0) is 56.4 Å². The van der Waals surface area contributed by atoms with Crippen molar-refractivity contribution in [3.63, 3.8) is 0 Å². The molecule has 2 aromatic carbocycles. The number of rotatable bonds is 7. The Kier molecular flexibility index (Phi) is 8.48. The number of methoxy groups -OCH3 is 1. The number of benzene rings is 2. The van der Waals surface area contributed by atoms with Crippen LogP contribution in [-0.2, 0) is 6.42 Å². The van der Waals surface area contributed by atoms with E-state index in [0.717, 1.165) is 29.5 Å². The minimum Gasteiger partial charge on any atom is -0.496 e. The van der Waals surface area contributed by atoms with E-state index >= 15 is 0 Å². The van der Waals surface area contributed by atoms with E-state index in [2.05, 4.69) is 33.1 Å². The van der Waals surface area contributed by atoms with Gasteiger partial charge in [-0.25, -0.2) is 5.01 Å². The number of hydrazine groups is 1. The van der Waals surface area contributed by atoms with E-state index in [1.807, 2.05) is 45.0 Å². The average Bonchev–Trinajstić information content (AvgIpc) is 2.73. The van der Waals surface area contributed by atoms with Gasteiger partial charge < -0.3 is 4.74 Å². The molecule has 0 unspecified atom stereocenters. The van der Waals surface area contributed by atoms with Crippen LogP contribution in [0.4, 0.5) is 0 Å². The molecular weight excluding hydrogens is 400 g/mol. The molecule has 0 saturated carbocycles. The molecule has 2 aromatic rings. The van der Waals surface area contributed by atoms with Crippen LogP contribution in [0.5, 0.6) is 5.75 Å². The van der Waals surface area contributed by atoms with Crippen LogP contribution >= 0.6 is 0 Å². The monoisotopic (exact) mass is 438 g/mol. The standard InChI is InChI=1S/C27H38N2O3/c1-9-12-24(27(5,6)7)29(26(31)20-16-18(3)15-19(4)17-20)28-25(30)22-13-11-14-23(32-8)21(22)10-2/h11,13-17,24H,9-10,12H2,1-8H3,(H,28,30)/t24-/m1/s1. The molecule has 5 heteroatoms.